The van der Waals surface area contributed by atoms with E-state index < -0.39 is 7.26 Å². The van der Waals surface area contributed by atoms with Gasteiger partial charge in [-0.15, -0.1) is 0 Å². The molecule has 0 atom stereocenters. The number of rotatable bonds is 9. The van der Waals surface area contributed by atoms with Crippen molar-refractivity contribution in [1.82, 2.24) is 0 Å². The highest BCUT2D eigenvalue weighted by Crippen LogP contribution is 2.55. The zero-order valence-electron chi connectivity index (χ0n) is 15.5. The summed E-state index contributed by atoms with van der Waals surface area (Å²) in [6, 6.07) is 32.9. The maximum Gasteiger partial charge on any atom is 0.112 e. The second kappa shape index (κ2) is 9.92. The Morgan fingerprint density at radius 1 is 0.630 bits per heavy atom. The Labute approximate surface area is 162 Å². The van der Waals surface area contributed by atoms with Crippen molar-refractivity contribution in [3.63, 3.8) is 0 Å². The van der Waals surface area contributed by atoms with Crippen LogP contribution in [0.1, 0.15) is 19.3 Å². The molecular weight excluding hydrogens is 349 g/mol. The third-order valence-electron chi connectivity index (χ3n) is 4.91. The van der Waals surface area contributed by atoms with Crippen LogP contribution in [0.25, 0.3) is 10.4 Å². The van der Waals surface area contributed by atoms with Crippen molar-refractivity contribution in [3.05, 3.63) is 101 Å². The van der Waals surface area contributed by atoms with Crippen molar-refractivity contribution in [2.75, 3.05) is 12.7 Å². The van der Waals surface area contributed by atoms with Crippen molar-refractivity contribution in [2.45, 2.75) is 19.3 Å². The lowest BCUT2D eigenvalue weighted by molar-refractivity contribution is 0.728. The summed E-state index contributed by atoms with van der Waals surface area (Å²) in [7, 11) is -1.71. The third-order valence-corrected chi connectivity index (χ3v) is 9.43. The lowest BCUT2D eigenvalue weighted by atomic mass is 10.2. The Balaban J connectivity index is 2.02. The molecule has 3 rings (SSSR count). The molecule has 3 nitrogen and oxygen atoms in total. The third kappa shape index (κ3) is 4.57. The van der Waals surface area contributed by atoms with Crippen LogP contribution in [0.3, 0.4) is 0 Å². The predicted octanol–water partition coefficient (Wildman–Crippen LogP) is 5.46. The molecule has 0 saturated heterocycles. The molecule has 0 aliphatic heterocycles. The topological polar surface area (TPSA) is 48.8 Å². The largest absolute Gasteiger partial charge is 0.112 e. The molecule has 0 unspecified atom stereocenters. The molecule has 0 aliphatic rings. The smallest absolute Gasteiger partial charge is 0.0940 e. The van der Waals surface area contributed by atoms with Gasteiger partial charge in [0.2, 0.25) is 0 Å². The number of hydrogen-bond acceptors (Lipinski definition) is 1. The van der Waals surface area contributed by atoms with Crippen molar-refractivity contribution in [1.29, 1.82) is 0 Å². The van der Waals surface area contributed by atoms with Gasteiger partial charge in [0, 0.05) is 11.5 Å². The Kier molecular flexibility index (Phi) is 7.04. The highest BCUT2D eigenvalue weighted by Gasteiger charge is 2.44. The molecule has 0 aromatic heterocycles. The van der Waals surface area contributed by atoms with E-state index in [1.807, 2.05) is 0 Å². The lowest BCUT2D eigenvalue weighted by Crippen LogP contribution is -2.33. The molecule has 0 aliphatic carbocycles. The van der Waals surface area contributed by atoms with E-state index in [0.717, 1.165) is 25.4 Å². The normalized spacial score (nSPS) is 11.0. The SMILES string of the molecule is [N-]=[N+]=NCCCCC[P+](c1ccccc1)(c1ccccc1)c1ccccc1. The molecule has 136 valence electrons. The first-order valence-electron chi connectivity index (χ1n) is 9.44. The van der Waals surface area contributed by atoms with Crippen LogP contribution in [-0.4, -0.2) is 12.7 Å². The first-order valence-corrected chi connectivity index (χ1v) is 11.4. The van der Waals surface area contributed by atoms with E-state index in [2.05, 4.69) is 101 Å². The van der Waals surface area contributed by atoms with Crippen LogP contribution >= 0.6 is 7.26 Å². The Hall–Kier alpha value is -2.60. The lowest BCUT2D eigenvalue weighted by Gasteiger charge is -2.27. The second-order valence-electron chi connectivity index (χ2n) is 6.56. The van der Waals surface area contributed by atoms with Gasteiger partial charge >= 0.3 is 0 Å². The average molecular weight is 374 g/mol. The van der Waals surface area contributed by atoms with E-state index in [-0.39, 0.29) is 0 Å². The molecule has 0 spiro atoms. The van der Waals surface area contributed by atoms with Gasteiger partial charge in [-0.2, -0.15) is 0 Å². The van der Waals surface area contributed by atoms with Gasteiger partial charge < -0.3 is 0 Å². The van der Waals surface area contributed by atoms with Gasteiger partial charge in [-0.3, -0.25) is 0 Å². The fourth-order valence-corrected chi connectivity index (χ4v) is 8.05. The Bertz CT molecular complexity index is 763. The van der Waals surface area contributed by atoms with E-state index in [4.69, 9.17) is 5.53 Å². The molecule has 0 bridgehead atoms. The van der Waals surface area contributed by atoms with Crippen LogP contribution in [0, 0.1) is 0 Å². The molecule has 0 fully saturated rings. The van der Waals surface area contributed by atoms with Crippen LogP contribution < -0.4 is 15.9 Å². The van der Waals surface area contributed by atoms with Crippen LogP contribution in [0.5, 0.6) is 0 Å². The highest BCUT2D eigenvalue weighted by molar-refractivity contribution is 7.95. The minimum absolute atomic E-state index is 0.587. The van der Waals surface area contributed by atoms with Crippen LogP contribution in [0.4, 0.5) is 0 Å². The standard InChI is InChI=1S/C23H25N3P/c24-26-25-19-11-4-12-20-27(21-13-5-1-6-14-21,22-15-7-2-8-16-22)23-17-9-3-10-18-23/h1-3,5-10,13-18H,4,11-12,19-20H2/q+1. The molecular formula is C23H25N3P+. The molecule has 3 aromatic rings. The van der Waals surface area contributed by atoms with Gasteiger partial charge in [0.1, 0.15) is 23.2 Å². The van der Waals surface area contributed by atoms with E-state index in [1.54, 1.807) is 0 Å². The van der Waals surface area contributed by atoms with Gasteiger partial charge in [0.15, 0.2) is 0 Å². The molecule has 4 heteroatoms. The molecule has 0 radical (unpaired) electrons. The van der Waals surface area contributed by atoms with Crippen molar-refractivity contribution < 1.29 is 0 Å². The summed E-state index contributed by atoms with van der Waals surface area (Å²) in [4.78, 5) is 2.86. The van der Waals surface area contributed by atoms with E-state index in [0.29, 0.717) is 6.54 Å². The molecule has 0 N–H and O–H groups in total. The molecule has 0 saturated carbocycles. The number of benzene rings is 3. The molecule has 0 amide bonds. The van der Waals surface area contributed by atoms with Crippen LogP contribution in [-0.2, 0) is 0 Å². The summed E-state index contributed by atoms with van der Waals surface area (Å²) in [5.74, 6) is 0. The fourth-order valence-electron chi connectivity index (χ4n) is 3.63. The predicted molar refractivity (Wildman–Crippen MR) is 118 cm³/mol. The fraction of sp³-hybridized carbons (Fsp3) is 0.217. The van der Waals surface area contributed by atoms with E-state index in [9.17, 15) is 0 Å². The number of nitrogens with zero attached hydrogens (tertiary/aromatic N) is 3. The minimum Gasteiger partial charge on any atom is -0.0940 e. The van der Waals surface area contributed by atoms with Gasteiger partial charge in [-0.25, -0.2) is 0 Å². The van der Waals surface area contributed by atoms with Crippen molar-refractivity contribution in [3.8, 4) is 0 Å². The minimum atomic E-state index is -1.71. The summed E-state index contributed by atoms with van der Waals surface area (Å²) in [5, 5.41) is 7.95. The molecule has 3 aromatic carbocycles. The van der Waals surface area contributed by atoms with Gasteiger partial charge in [0.25, 0.3) is 0 Å². The zero-order chi connectivity index (χ0) is 18.8. The number of hydrogen-bond donors (Lipinski definition) is 0. The Morgan fingerprint density at radius 3 is 1.48 bits per heavy atom. The highest BCUT2D eigenvalue weighted by atomic mass is 31.2. The summed E-state index contributed by atoms with van der Waals surface area (Å²) in [6.45, 7) is 0.587. The second-order valence-corrected chi connectivity index (χ2v) is 10.2. The average Bonchev–Trinajstić information content (AvgIpc) is 2.75. The summed E-state index contributed by atoms with van der Waals surface area (Å²) >= 11 is 0. The van der Waals surface area contributed by atoms with Gasteiger partial charge in [-0.05, 0) is 61.2 Å². The van der Waals surface area contributed by atoms with Crippen molar-refractivity contribution >= 4 is 23.2 Å². The number of azide groups is 1. The summed E-state index contributed by atoms with van der Waals surface area (Å²) < 4.78 is 0. The first kappa shape index (κ1) is 19.2. The quantitative estimate of drug-likeness (QED) is 0.157. The van der Waals surface area contributed by atoms with Crippen LogP contribution in [0.2, 0.25) is 0 Å². The zero-order valence-corrected chi connectivity index (χ0v) is 16.4. The van der Waals surface area contributed by atoms with Crippen molar-refractivity contribution in [2.24, 2.45) is 5.11 Å². The maximum atomic E-state index is 8.46. The summed E-state index contributed by atoms with van der Waals surface area (Å²) in [6.07, 6.45) is 4.27. The molecule has 0 heterocycles. The maximum absolute atomic E-state index is 8.46. The van der Waals surface area contributed by atoms with Gasteiger partial charge in [-0.1, -0.05) is 59.7 Å². The molecule has 27 heavy (non-hydrogen) atoms. The van der Waals surface area contributed by atoms with Gasteiger partial charge in [0.05, 0.1) is 6.16 Å². The Morgan fingerprint density at radius 2 is 1.07 bits per heavy atom. The monoisotopic (exact) mass is 374 g/mol. The van der Waals surface area contributed by atoms with E-state index >= 15 is 0 Å². The van der Waals surface area contributed by atoms with E-state index in [1.165, 1.54) is 15.9 Å². The number of unbranched alkanes of at least 4 members (excludes halogenated alkanes) is 2. The van der Waals surface area contributed by atoms with Crippen LogP contribution in [0.15, 0.2) is 96.1 Å². The summed E-state index contributed by atoms with van der Waals surface area (Å²) in [5.41, 5.74) is 8.46. The first-order chi connectivity index (χ1) is 13.4.